The van der Waals surface area contributed by atoms with E-state index in [0.29, 0.717) is 5.54 Å². The van der Waals surface area contributed by atoms with Gasteiger partial charge in [0.25, 0.3) is 0 Å². The van der Waals surface area contributed by atoms with Crippen molar-refractivity contribution < 1.29 is 0 Å². The molecule has 5 aliphatic carbocycles. The SMILES string of the molecule is c1ccc(C2CC2NCCNC23CC4CC(CC(C4)C2)C3)cc1. The largest absolute Gasteiger partial charge is 0.312 e. The Morgan fingerprint density at radius 3 is 2.13 bits per heavy atom. The lowest BCUT2D eigenvalue weighted by Gasteiger charge is -2.57. The number of rotatable bonds is 6. The molecule has 124 valence electrons. The molecule has 2 unspecified atom stereocenters. The fourth-order valence-electron chi connectivity index (χ4n) is 6.40. The number of hydrogen-bond acceptors (Lipinski definition) is 2. The van der Waals surface area contributed by atoms with Crippen molar-refractivity contribution in [3.05, 3.63) is 35.9 Å². The van der Waals surface area contributed by atoms with Gasteiger partial charge < -0.3 is 10.6 Å². The van der Waals surface area contributed by atoms with Gasteiger partial charge in [0.2, 0.25) is 0 Å². The average molecular weight is 310 g/mol. The summed E-state index contributed by atoms with van der Waals surface area (Å²) in [7, 11) is 0. The molecule has 5 fully saturated rings. The molecule has 0 spiro atoms. The zero-order valence-electron chi connectivity index (χ0n) is 14.1. The third-order valence-electron chi connectivity index (χ3n) is 7.09. The van der Waals surface area contributed by atoms with E-state index in [9.17, 15) is 0 Å². The van der Waals surface area contributed by atoms with Gasteiger partial charge in [0, 0.05) is 30.6 Å². The third-order valence-corrected chi connectivity index (χ3v) is 7.09. The summed E-state index contributed by atoms with van der Waals surface area (Å²) < 4.78 is 0. The Morgan fingerprint density at radius 2 is 1.48 bits per heavy atom. The molecule has 5 saturated carbocycles. The molecule has 5 aliphatic rings. The van der Waals surface area contributed by atoms with Gasteiger partial charge in [-0.2, -0.15) is 0 Å². The van der Waals surface area contributed by atoms with Gasteiger partial charge in [-0.3, -0.25) is 0 Å². The van der Waals surface area contributed by atoms with E-state index >= 15 is 0 Å². The Morgan fingerprint density at radius 1 is 0.826 bits per heavy atom. The molecular formula is C21H30N2. The van der Waals surface area contributed by atoms with Gasteiger partial charge in [0.1, 0.15) is 0 Å². The van der Waals surface area contributed by atoms with Crippen LogP contribution in [0.25, 0.3) is 0 Å². The summed E-state index contributed by atoms with van der Waals surface area (Å²) in [5.74, 6) is 3.91. The molecule has 2 heteroatoms. The van der Waals surface area contributed by atoms with Crippen molar-refractivity contribution in [2.75, 3.05) is 13.1 Å². The van der Waals surface area contributed by atoms with E-state index in [0.717, 1.165) is 42.8 Å². The maximum absolute atomic E-state index is 4.00. The molecule has 0 radical (unpaired) electrons. The lowest BCUT2D eigenvalue weighted by molar-refractivity contribution is -0.0192. The Hall–Kier alpha value is -0.860. The number of benzene rings is 1. The highest BCUT2D eigenvalue weighted by atomic mass is 15.0. The van der Waals surface area contributed by atoms with Crippen LogP contribution in [0.3, 0.4) is 0 Å². The van der Waals surface area contributed by atoms with E-state index in [-0.39, 0.29) is 0 Å². The van der Waals surface area contributed by atoms with Crippen molar-refractivity contribution in [3.63, 3.8) is 0 Å². The second-order valence-electron chi connectivity index (χ2n) is 8.94. The van der Waals surface area contributed by atoms with Crippen LogP contribution >= 0.6 is 0 Å². The zero-order valence-corrected chi connectivity index (χ0v) is 14.1. The quantitative estimate of drug-likeness (QED) is 0.783. The minimum atomic E-state index is 0.527. The van der Waals surface area contributed by atoms with Gasteiger partial charge in [0.15, 0.2) is 0 Å². The Kier molecular flexibility index (Phi) is 3.52. The Bertz CT molecular complexity index is 517. The second-order valence-corrected chi connectivity index (χ2v) is 8.94. The summed E-state index contributed by atoms with van der Waals surface area (Å²) in [5, 5.41) is 7.78. The Labute approximate surface area is 140 Å². The van der Waals surface area contributed by atoms with Gasteiger partial charge in [-0.1, -0.05) is 30.3 Å². The smallest absolute Gasteiger partial charge is 0.0190 e. The van der Waals surface area contributed by atoms with Crippen molar-refractivity contribution in [3.8, 4) is 0 Å². The first-order valence-electron chi connectivity index (χ1n) is 9.83. The lowest BCUT2D eigenvalue weighted by Crippen LogP contribution is -2.59. The van der Waals surface area contributed by atoms with Crippen molar-refractivity contribution in [2.45, 2.75) is 62.4 Å². The summed E-state index contributed by atoms with van der Waals surface area (Å²) in [6, 6.07) is 11.7. The van der Waals surface area contributed by atoms with Crippen molar-refractivity contribution >= 4 is 0 Å². The number of nitrogens with one attached hydrogen (secondary N) is 2. The summed E-state index contributed by atoms with van der Waals surface area (Å²) in [5.41, 5.74) is 2.04. The van der Waals surface area contributed by atoms with Crippen molar-refractivity contribution in [2.24, 2.45) is 17.8 Å². The molecule has 2 atom stereocenters. The van der Waals surface area contributed by atoms with Crippen molar-refractivity contribution in [1.29, 1.82) is 0 Å². The van der Waals surface area contributed by atoms with Crippen LogP contribution in [0.4, 0.5) is 0 Å². The molecule has 0 heterocycles. The molecule has 0 amide bonds. The summed E-state index contributed by atoms with van der Waals surface area (Å²) in [4.78, 5) is 0. The monoisotopic (exact) mass is 310 g/mol. The lowest BCUT2D eigenvalue weighted by atomic mass is 9.53. The minimum Gasteiger partial charge on any atom is -0.312 e. The molecule has 6 rings (SSSR count). The maximum Gasteiger partial charge on any atom is 0.0190 e. The summed E-state index contributed by atoms with van der Waals surface area (Å²) in [6.45, 7) is 2.29. The fraction of sp³-hybridized carbons (Fsp3) is 0.714. The molecule has 0 saturated heterocycles. The molecule has 1 aromatic rings. The van der Waals surface area contributed by atoms with Crippen LogP contribution < -0.4 is 10.6 Å². The van der Waals surface area contributed by atoms with Crippen LogP contribution in [0, 0.1) is 17.8 Å². The van der Waals surface area contributed by atoms with Crippen LogP contribution in [0.15, 0.2) is 30.3 Å². The zero-order chi connectivity index (χ0) is 15.3. The highest BCUT2D eigenvalue weighted by Crippen LogP contribution is 2.55. The molecule has 2 nitrogen and oxygen atoms in total. The van der Waals surface area contributed by atoms with Crippen LogP contribution in [0.5, 0.6) is 0 Å². The highest BCUT2D eigenvalue weighted by molar-refractivity contribution is 5.27. The van der Waals surface area contributed by atoms with Gasteiger partial charge in [-0.15, -0.1) is 0 Å². The van der Waals surface area contributed by atoms with Crippen LogP contribution in [0.1, 0.15) is 56.4 Å². The van der Waals surface area contributed by atoms with E-state index < -0.39 is 0 Å². The first-order chi connectivity index (χ1) is 11.3. The molecule has 23 heavy (non-hydrogen) atoms. The molecule has 1 aromatic carbocycles. The van der Waals surface area contributed by atoms with E-state index in [1.807, 2.05) is 0 Å². The van der Waals surface area contributed by atoms with E-state index in [2.05, 4.69) is 41.0 Å². The first-order valence-corrected chi connectivity index (χ1v) is 9.83. The summed E-state index contributed by atoms with van der Waals surface area (Å²) in [6.07, 6.45) is 10.3. The van der Waals surface area contributed by atoms with Gasteiger partial charge in [0.05, 0.1) is 0 Å². The van der Waals surface area contributed by atoms with E-state index in [1.165, 1.54) is 31.2 Å². The van der Waals surface area contributed by atoms with Gasteiger partial charge in [-0.05, 0) is 68.3 Å². The second kappa shape index (κ2) is 5.60. The third kappa shape index (κ3) is 2.85. The highest BCUT2D eigenvalue weighted by Gasteiger charge is 2.50. The topological polar surface area (TPSA) is 24.1 Å². The van der Waals surface area contributed by atoms with Gasteiger partial charge in [-0.25, -0.2) is 0 Å². The average Bonchev–Trinajstić information content (AvgIpc) is 3.31. The molecule has 4 bridgehead atoms. The molecule has 0 aliphatic heterocycles. The predicted molar refractivity (Wildman–Crippen MR) is 94.5 cm³/mol. The van der Waals surface area contributed by atoms with Crippen LogP contribution in [-0.2, 0) is 0 Å². The minimum absolute atomic E-state index is 0.527. The van der Waals surface area contributed by atoms with Crippen molar-refractivity contribution in [1.82, 2.24) is 10.6 Å². The maximum atomic E-state index is 4.00. The Balaban J connectivity index is 1.09. The standard InChI is InChI=1S/C21H30N2/c1-2-4-18(5-3-1)19-11-20(19)22-6-7-23-21-12-15-8-16(13-21)10-17(9-15)14-21/h1-5,15-17,19-20,22-23H,6-14H2. The fourth-order valence-corrected chi connectivity index (χ4v) is 6.40. The molecule has 0 aromatic heterocycles. The normalized spacial score (nSPS) is 43.7. The van der Waals surface area contributed by atoms with E-state index in [1.54, 1.807) is 19.3 Å². The summed E-state index contributed by atoms with van der Waals surface area (Å²) >= 11 is 0. The molecule has 2 N–H and O–H groups in total. The van der Waals surface area contributed by atoms with Crippen LogP contribution in [-0.4, -0.2) is 24.7 Å². The van der Waals surface area contributed by atoms with Crippen LogP contribution in [0.2, 0.25) is 0 Å². The number of hydrogen-bond donors (Lipinski definition) is 2. The van der Waals surface area contributed by atoms with Gasteiger partial charge >= 0.3 is 0 Å². The first kappa shape index (κ1) is 14.5. The predicted octanol–water partition coefficient (Wildman–Crippen LogP) is 3.69. The van der Waals surface area contributed by atoms with E-state index in [4.69, 9.17) is 0 Å². The molecular weight excluding hydrogens is 280 g/mol.